The summed E-state index contributed by atoms with van der Waals surface area (Å²) < 4.78 is 1.73. The highest BCUT2D eigenvalue weighted by atomic mass is 32.1. The molecular weight excluding hydrogens is 452 g/mol. The van der Waals surface area contributed by atoms with E-state index in [-0.39, 0.29) is 29.8 Å². The summed E-state index contributed by atoms with van der Waals surface area (Å²) in [6.07, 6.45) is 5.27. The summed E-state index contributed by atoms with van der Waals surface area (Å²) >= 11 is 1.28. The second-order valence-electron chi connectivity index (χ2n) is 9.21. The first kappa shape index (κ1) is 22.5. The molecule has 2 N–H and O–H groups in total. The molecule has 2 aromatic heterocycles. The number of aromatic nitrogens is 3. The van der Waals surface area contributed by atoms with Crippen LogP contribution in [-0.2, 0) is 16.1 Å². The van der Waals surface area contributed by atoms with Crippen LogP contribution < -0.4 is 21.1 Å². The molecule has 0 radical (unpaired) electrons. The number of thiazole rings is 1. The van der Waals surface area contributed by atoms with Gasteiger partial charge in [0, 0.05) is 24.8 Å². The molecule has 3 heterocycles. The highest BCUT2D eigenvalue weighted by molar-refractivity contribution is 7.22. The van der Waals surface area contributed by atoms with Gasteiger partial charge in [0.1, 0.15) is 17.6 Å². The first-order chi connectivity index (χ1) is 16.4. The standard InChI is InChI=1S/C24H28N6O3S/c1-14-5-3-6-15(2)19(14)27-18(31)12-30-13-25-21-20(23(30)33)34-24(28-21)29-10-4-7-16(11-29)22(32)26-17-8-9-17/h3,5-6,13,16-17H,4,7-12H2,1-2H3,(H,26,32)(H,27,31)/t16-/m1/s1. The molecule has 10 heteroatoms. The van der Waals surface area contributed by atoms with Crippen molar-refractivity contribution in [2.75, 3.05) is 23.3 Å². The van der Waals surface area contributed by atoms with Gasteiger partial charge in [0.05, 0.1) is 5.92 Å². The number of carbonyl (C=O) groups excluding carboxylic acids is 2. The molecule has 1 atom stereocenters. The Morgan fingerprint density at radius 2 is 1.94 bits per heavy atom. The van der Waals surface area contributed by atoms with Crippen LogP contribution in [0.2, 0.25) is 0 Å². The second kappa shape index (κ2) is 9.17. The fraction of sp³-hybridized carbons (Fsp3) is 0.458. The lowest BCUT2D eigenvalue weighted by Gasteiger charge is -2.31. The van der Waals surface area contributed by atoms with Crippen molar-refractivity contribution in [3.63, 3.8) is 0 Å². The summed E-state index contributed by atoms with van der Waals surface area (Å²) in [6.45, 7) is 5.12. The van der Waals surface area contributed by atoms with Crippen LogP contribution in [0.4, 0.5) is 10.8 Å². The molecule has 2 aliphatic rings. The van der Waals surface area contributed by atoms with E-state index < -0.39 is 0 Å². The van der Waals surface area contributed by atoms with E-state index in [1.807, 2.05) is 32.0 Å². The molecule has 2 amide bonds. The zero-order valence-electron chi connectivity index (χ0n) is 19.3. The smallest absolute Gasteiger partial charge is 0.273 e. The van der Waals surface area contributed by atoms with E-state index in [9.17, 15) is 14.4 Å². The highest BCUT2D eigenvalue weighted by Crippen LogP contribution is 2.30. The molecule has 3 aromatic rings. The molecule has 1 aromatic carbocycles. The fourth-order valence-corrected chi connectivity index (χ4v) is 5.34. The number of para-hydroxylation sites is 1. The van der Waals surface area contributed by atoms with Gasteiger partial charge in [-0.2, -0.15) is 4.98 Å². The topological polar surface area (TPSA) is 109 Å². The number of amides is 2. The third-order valence-electron chi connectivity index (χ3n) is 6.42. The average Bonchev–Trinajstić information content (AvgIpc) is 3.52. The largest absolute Gasteiger partial charge is 0.353 e. The molecule has 178 valence electrons. The number of aryl methyl sites for hydroxylation is 2. The van der Waals surface area contributed by atoms with Crippen molar-refractivity contribution in [1.82, 2.24) is 19.9 Å². The molecule has 5 rings (SSSR count). The number of nitrogens with one attached hydrogen (secondary N) is 2. The van der Waals surface area contributed by atoms with E-state index in [4.69, 9.17) is 0 Å². The Labute approximate surface area is 201 Å². The molecule has 0 unspecified atom stereocenters. The minimum atomic E-state index is -0.287. The van der Waals surface area contributed by atoms with Gasteiger partial charge in [-0.25, -0.2) is 4.98 Å². The van der Waals surface area contributed by atoms with Gasteiger partial charge in [-0.1, -0.05) is 29.5 Å². The van der Waals surface area contributed by atoms with Crippen molar-refractivity contribution in [1.29, 1.82) is 0 Å². The highest BCUT2D eigenvalue weighted by Gasteiger charge is 2.31. The molecule has 1 saturated carbocycles. The minimum absolute atomic E-state index is 0.0698. The zero-order valence-corrected chi connectivity index (χ0v) is 20.2. The van der Waals surface area contributed by atoms with E-state index in [2.05, 4.69) is 25.5 Å². The van der Waals surface area contributed by atoms with Crippen molar-refractivity contribution < 1.29 is 9.59 Å². The second-order valence-corrected chi connectivity index (χ2v) is 10.2. The third-order valence-corrected chi connectivity index (χ3v) is 7.51. The van der Waals surface area contributed by atoms with Crippen LogP contribution in [0.1, 0.15) is 36.8 Å². The van der Waals surface area contributed by atoms with Crippen molar-refractivity contribution in [3.05, 3.63) is 46.0 Å². The molecular formula is C24H28N6O3S. The molecule has 0 spiro atoms. The molecule has 9 nitrogen and oxygen atoms in total. The number of nitrogens with zero attached hydrogens (tertiary/aromatic N) is 4. The van der Waals surface area contributed by atoms with E-state index in [0.717, 1.165) is 49.0 Å². The van der Waals surface area contributed by atoms with Crippen LogP contribution in [0.3, 0.4) is 0 Å². The van der Waals surface area contributed by atoms with Crippen LogP contribution in [0.5, 0.6) is 0 Å². The average molecular weight is 481 g/mol. The molecule has 1 saturated heterocycles. The summed E-state index contributed by atoms with van der Waals surface area (Å²) in [4.78, 5) is 49.2. The van der Waals surface area contributed by atoms with Gasteiger partial charge in [0.25, 0.3) is 5.56 Å². The lowest BCUT2D eigenvalue weighted by molar-refractivity contribution is -0.125. The molecule has 34 heavy (non-hydrogen) atoms. The van der Waals surface area contributed by atoms with Crippen molar-refractivity contribution in [2.45, 2.75) is 52.1 Å². The van der Waals surface area contributed by atoms with Gasteiger partial charge in [0.15, 0.2) is 10.8 Å². The van der Waals surface area contributed by atoms with Gasteiger partial charge >= 0.3 is 0 Å². The van der Waals surface area contributed by atoms with Gasteiger partial charge in [-0.05, 0) is 50.7 Å². The summed E-state index contributed by atoms with van der Waals surface area (Å²) in [5.74, 6) is -0.241. The summed E-state index contributed by atoms with van der Waals surface area (Å²) in [5.41, 5.74) is 2.78. The van der Waals surface area contributed by atoms with Crippen LogP contribution in [0.15, 0.2) is 29.3 Å². The van der Waals surface area contributed by atoms with Crippen molar-refractivity contribution in [3.8, 4) is 0 Å². The SMILES string of the molecule is Cc1cccc(C)c1NC(=O)Cn1cnc2nc(N3CCC[C@@H](C(=O)NC4CC4)C3)sc2c1=O. The van der Waals surface area contributed by atoms with E-state index in [0.29, 0.717) is 28.1 Å². The van der Waals surface area contributed by atoms with Crippen molar-refractivity contribution >= 4 is 44.3 Å². The maximum atomic E-state index is 13.1. The van der Waals surface area contributed by atoms with Crippen LogP contribution >= 0.6 is 11.3 Å². The maximum Gasteiger partial charge on any atom is 0.273 e. The number of anilines is 2. The van der Waals surface area contributed by atoms with E-state index >= 15 is 0 Å². The van der Waals surface area contributed by atoms with Gasteiger partial charge in [-0.15, -0.1) is 0 Å². The monoisotopic (exact) mass is 480 g/mol. The number of fused-ring (bicyclic) bond motifs is 1. The predicted molar refractivity (Wildman–Crippen MR) is 132 cm³/mol. The first-order valence-corrected chi connectivity index (χ1v) is 12.5. The fourth-order valence-electron chi connectivity index (χ4n) is 4.34. The number of hydrogen-bond acceptors (Lipinski definition) is 7. The quantitative estimate of drug-likeness (QED) is 0.561. The maximum absolute atomic E-state index is 13.1. The number of carbonyl (C=O) groups is 2. The number of rotatable bonds is 6. The Morgan fingerprint density at radius 3 is 2.68 bits per heavy atom. The Balaban J connectivity index is 1.31. The summed E-state index contributed by atoms with van der Waals surface area (Å²) in [7, 11) is 0. The molecule has 1 aliphatic heterocycles. The van der Waals surface area contributed by atoms with E-state index in [1.165, 1.54) is 22.2 Å². The normalized spacial score (nSPS) is 18.2. The Kier molecular flexibility index (Phi) is 6.07. The molecule has 1 aliphatic carbocycles. The van der Waals surface area contributed by atoms with Gasteiger partial charge in [-0.3, -0.25) is 19.0 Å². The Morgan fingerprint density at radius 1 is 1.18 bits per heavy atom. The van der Waals surface area contributed by atoms with Crippen LogP contribution in [0, 0.1) is 19.8 Å². The third kappa shape index (κ3) is 4.68. The minimum Gasteiger partial charge on any atom is -0.353 e. The summed E-state index contributed by atoms with van der Waals surface area (Å²) in [6, 6.07) is 6.15. The molecule has 2 fully saturated rings. The Hall–Kier alpha value is -3.27. The van der Waals surface area contributed by atoms with Crippen LogP contribution in [-0.4, -0.2) is 45.5 Å². The predicted octanol–water partition coefficient (Wildman–Crippen LogP) is 2.60. The number of piperidine rings is 1. The Bertz CT molecular complexity index is 1290. The summed E-state index contributed by atoms with van der Waals surface area (Å²) in [5, 5.41) is 6.70. The van der Waals surface area contributed by atoms with Crippen LogP contribution in [0.25, 0.3) is 10.3 Å². The lowest BCUT2D eigenvalue weighted by atomic mass is 9.97. The van der Waals surface area contributed by atoms with Gasteiger partial charge in [0.2, 0.25) is 11.8 Å². The van der Waals surface area contributed by atoms with Gasteiger partial charge < -0.3 is 15.5 Å². The first-order valence-electron chi connectivity index (χ1n) is 11.7. The van der Waals surface area contributed by atoms with E-state index in [1.54, 1.807) is 0 Å². The molecule has 0 bridgehead atoms. The zero-order chi connectivity index (χ0) is 23.8. The number of benzene rings is 1. The van der Waals surface area contributed by atoms with Crippen molar-refractivity contribution in [2.24, 2.45) is 5.92 Å². The number of hydrogen-bond donors (Lipinski definition) is 2. The lowest BCUT2D eigenvalue weighted by Crippen LogP contribution is -2.43.